The molecular weight excluding hydrogens is 370 g/mol. The van der Waals surface area contributed by atoms with E-state index in [0.29, 0.717) is 11.3 Å². The second kappa shape index (κ2) is 8.90. The molecule has 3 N–H and O–H groups in total. The molecule has 0 saturated carbocycles. The Morgan fingerprint density at radius 2 is 1.83 bits per heavy atom. The van der Waals surface area contributed by atoms with Gasteiger partial charge >= 0.3 is 0 Å². The van der Waals surface area contributed by atoms with Crippen LogP contribution in [0.25, 0.3) is 33.4 Å². The van der Waals surface area contributed by atoms with Crippen LogP contribution in [0, 0.1) is 6.92 Å². The number of fused-ring (bicyclic) bond motifs is 1. The number of hydrogen-bond acceptors (Lipinski definition) is 6. The number of rotatable bonds is 3. The molecule has 0 spiro atoms. The maximum absolute atomic E-state index is 10.4. The number of hydrogen-bond donors (Lipinski definition) is 3. The molecule has 0 aliphatic rings. The fraction of sp³-hybridized carbons (Fsp3) is 0.0909. The van der Waals surface area contributed by atoms with E-state index < -0.39 is 0 Å². The normalized spacial score (nSPS) is 10.3. The third-order valence-corrected chi connectivity index (χ3v) is 4.40. The molecule has 0 atom stereocenters. The number of nitrogens with zero attached hydrogens (tertiary/aromatic N) is 3. The highest BCUT2D eigenvalue weighted by Gasteiger charge is 2.12. The number of aliphatic hydroxyl groups excluding tert-OH is 1. The molecule has 0 aliphatic heterocycles. The predicted octanol–water partition coefficient (Wildman–Crippen LogP) is 3.57. The third-order valence-electron chi connectivity index (χ3n) is 4.40. The highest BCUT2D eigenvalue weighted by Crippen LogP contribution is 2.34. The van der Waals surface area contributed by atoms with Crippen molar-refractivity contribution in [2.75, 3.05) is 0 Å². The number of phenolic OH excluding ortho intramolecular Hbond substituents is 1. The number of aromatic nitrogens is 3. The van der Waals surface area contributed by atoms with Gasteiger partial charge in [0.15, 0.2) is 0 Å². The van der Waals surface area contributed by atoms with Gasteiger partial charge in [0.05, 0.1) is 29.7 Å². The Morgan fingerprint density at radius 1 is 1.03 bits per heavy atom. The number of phenols is 1. The summed E-state index contributed by atoms with van der Waals surface area (Å²) in [5.41, 5.74) is 5.54. The fourth-order valence-corrected chi connectivity index (χ4v) is 3.03. The minimum atomic E-state index is -0.250. The molecule has 2 aromatic heterocycles. The van der Waals surface area contributed by atoms with Gasteiger partial charge < -0.3 is 15.3 Å². The van der Waals surface area contributed by atoms with Crippen LogP contribution in [-0.4, -0.2) is 36.7 Å². The molecule has 2 aromatic carbocycles. The van der Waals surface area contributed by atoms with Gasteiger partial charge in [0, 0.05) is 28.9 Å². The van der Waals surface area contributed by atoms with E-state index in [4.69, 9.17) is 14.9 Å². The summed E-state index contributed by atoms with van der Waals surface area (Å²) < 4.78 is 0. The van der Waals surface area contributed by atoms with Crippen LogP contribution in [0.2, 0.25) is 0 Å². The van der Waals surface area contributed by atoms with E-state index in [1.807, 2.05) is 37.3 Å². The Labute approximate surface area is 167 Å². The van der Waals surface area contributed by atoms with E-state index in [1.54, 1.807) is 30.7 Å². The highest BCUT2D eigenvalue weighted by atomic mass is 16.3. The maximum Gasteiger partial charge on any atom is 0.290 e. The summed E-state index contributed by atoms with van der Waals surface area (Å²) in [5.74, 6) is 0.155. The monoisotopic (exact) mass is 389 g/mol. The van der Waals surface area contributed by atoms with E-state index in [2.05, 4.69) is 9.97 Å². The first-order valence-electron chi connectivity index (χ1n) is 8.76. The largest absolute Gasteiger partial charge is 0.507 e. The van der Waals surface area contributed by atoms with Gasteiger partial charge in [-0.15, -0.1) is 0 Å². The summed E-state index contributed by atoms with van der Waals surface area (Å²) in [6.45, 7) is 1.73. The van der Waals surface area contributed by atoms with Gasteiger partial charge in [0.2, 0.25) is 0 Å². The van der Waals surface area contributed by atoms with Gasteiger partial charge in [-0.1, -0.05) is 12.1 Å². The van der Waals surface area contributed by atoms with E-state index in [0.717, 1.165) is 33.3 Å². The molecule has 146 valence electrons. The van der Waals surface area contributed by atoms with Crippen LogP contribution in [0.3, 0.4) is 0 Å². The van der Waals surface area contributed by atoms with Crippen molar-refractivity contribution in [1.29, 1.82) is 0 Å². The second-order valence-corrected chi connectivity index (χ2v) is 6.26. The van der Waals surface area contributed by atoms with Crippen molar-refractivity contribution in [2.45, 2.75) is 13.5 Å². The molecular formula is C22H19N3O4. The van der Waals surface area contributed by atoms with Crippen LogP contribution in [0.15, 0.2) is 61.1 Å². The summed E-state index contributed by atoms with van der Waals surface area (Å²) in [7, 11) is 0. The number of benzene rings is 2. The van der Waals surface area contributed by atoms with Crippen molar-refractivity contribution in [1.82, 2.24) is 15.0 Å². The molecule has 0 unspecified atom stereocenters. The lowest BCUT2D eigenvalue weighted by molar-refractivity contribution is -0.122. The minimum Gasteiger partial charge on any atom is -0.507 e. The number of pyridine rings is 1. The van der Waals surface area contributed by atoms with Gasteiger partial charge in [0.25, 0.3) is 6.47 Å². The van der Waals surface area contributed by atoms with Gasteiger partial charge in [-0.25, -0.2) is 4.98 Å². The Bertz CT molecular complexity index is 1150. The first kappa shape index (κ1) is 19.9. The maximum atomic E-state index is 10.4. The number of aryl methyl sites for hydroxylation is 1. The van der Waals surface area contributed by atoms with Crippen LogP contribution in [-0.2, 0) is 11.4 Å². The highest BCUT2D eigenvalue weighted by molar-refractivity contribution is 5.87. The predicted molar refractivity (Wildman–Crippen MR) is 109 cm³/mol. The number of aromatic hydroxyl groups is 1. The Hall–Kier alpha value is -3.84. The average molecular weight is 389 g/mol. The molecule has 0 amide bonds. The minimum absolute atomic E-state index is 0.0334. The third kappa shape index (κ3) is 4.36. The standard InChI is InChI=1S/C21H17N3O2.CH2O2/c1-13-8-18(24-19-9-14(12-25)2-4-16(13)19)17-10-15(3-5-21(17)26)20-11-22-6-7-23-20;2-1-3/h2-11,25-26H,12H2,1H3;1H,(H,2,3). The Balaban J connectivity index is 0.000000755. The van der Waals surface area contributed by atoms with Crippen LogP contribution in [0.4, 0.5) is 0 Å². The molecule has 0 bridgehead atoms. The lowest BCUT2D eigenvalue weighted by Gasteiger charge is -2.11. The summed E-state index contributed by atoms with van der Waals surface area (Å²) in [5, 5.41) is 27.7. The molecule has 0 aliphatic carbocycles. The molecule has 4 rings (SSSR count). The van der Waals surface area contributed by atoms with Crippen molar-refractivity contribution in [3.8, 4) is 28.3 Å². The molecule has 29 heavy (non-hydrogen) atoms. The summed E-state index contributed by atoms with van der Waals surface area (Å²) >= 11 is 0. The van der Waals surface area contributed by atoms with Gasteiger partial charge in [-0.05, 0) is 48.4 Å². The van der Waals surface area contributed by atoms with Crippen LogP contribution >= 0.6 is 0 Å². The average Bonchev–Trinajstić information content (AvgIpc) is 2.74. The quantitative estimate of drug-likeness (QED) is 0.459. The topological polar surface area (TPSA) is 116 Å². The molecule has 0 fully saturated rings. The van der Waals surface area contributed by atoms with Crippen molar-refractivity contribution in [3.05, 3.63) is 72.2 Å². The lowest BCUT2D eigenvalue weighted by atomic mass is 10.0. The van der Waals surface area contributed by atoms with Crippen LogP contribution in [0.1, 0.15) is 11.1 Å². The van der Waals surface area contributed by atoms with Crippen LogP contribution in [0.5, 0.6) is 5.75 Å². The second-order valence-electron chi connectivity index (χ2n) is 6.26. The van der Waals surface area contributed by atoms with E-state index >= 15 is 0 Å². The smallest absolute Gasteiger partial charge is 0.290 e. The zero-order valence-electron chi connectivity index (χ0n) is 15.6. The van der Waals surface area contributed by atoms with Gasteiger partial charge in [-0.2, -0.15) is 0 Å². The van der Waals surface area contributed by atoms with Crippen molar-refractivity contribution >= 4 is 17.4 Å². The van der Waals surface area contributed by atoms with Gasteiger partial charge in [-0.3, -0.25) is 14.8 Å². The summed E-state index contributed by atoms with van der Waals surface area (Å²) in [4.78, 5) is 21.5. The Kier molecular flexibility index (Phi) is 6.11. The molecule has 0 saturated heterocycles. The van der Waals surface area contributed by atoms with Gasteiger partial charge in [0.1, 0.15) is 5.75 Å². The molecule has 2 heterocycles. The SMILES string of the molecule is Cc1cc(-c2cc(-c3cnccn3)ccc2O)nc2cc(CO)ccc12.O=CO. The fourth-order valence-electron chi connectivity index (χ4n) is 3.03. The summed E-state index contributed by atoms with van der Waals surface area (Å²) in [6.07, 6.45) is 4.94. The molecule has 7 heteroatoms. The van der Waals surface area contributed by atoms with Crippen molar-refractivity contribution in [3.63, 3.8) is 0 Å². The zero-order valence-corrected chi connectivity index (χ0v) is 15.6. The number of carbonyl (C=O) groups is 1. The van der Waals surface area contributed by atoms with Crippen molar-refractivity contribution in [2.24, 2.45) is 0 Å². The molecule has 7 nitrogen and oxygen atoms in total. The number of carboxylic acid groups (broad SMARTS) is 1. The first-order chi connectivity index (χ1) is 14.1. The van der Waals surface area contributed by atoms with E-state index in [9.17, 15) is 10.2 Å². The summed E-state index contributed by atoms with van der Waals surface area (Å²) in [6, 6.07) is 13.0. The first-order valence-corrected chi connectivity index (χ1v) is 8.76. The zero-order chi connectivity index (χ0) is 20.8. The lowest BCUT2D eigenvalue weighted by Crippen LogP contribution is -1.92. The number of aliphatic hydroxyl groups is 1. The van der Waals surface area contributed by atoms with Crippen LogP contribution < -0.4 is 0 Å². The van der Waals surface area contributed by atoms with E-state index in [-0.39, 0.29) is 18.8 Å². The molecule has 4 aromatic rings. The van der Waals surface area contributed by atoms with Crippen molar-refractivity contribution < 1.29 is 20.1 Å². The van der Waals surface area contributed by atoms with E-state index in [1.165, 1.54) is 0 Å². The molecule has 0 radical (unpaired) electrons. The Morgan fingerprint density at radius 3 is 2.52 bits per heavy atom.